The van der Waals surface area contributed by atoms with Gasteiger partial charge >= 0.3 is 0 Å². The molecule has 2 N–H and O–H groups in total. The summed E-state index contributed by atoms with van der Waals surface area (Å²) >= 11 is 0. The number of carbonyl (C=O) groups excluding carboxylic acids is 1. The fourth-order valence-electron chi connectivity index (χ4n) is 1.75. The van der Waals surface area contributed by atoms with Gasteiger partial charge in [-0.25, -0.2) is 0 Å². The second kappa shape index (κ2) is 2.85. The highest BCUT2D eigenvalue weighted by Crippen LogP contribution is 2.31. The molecule has 1 aliphatic heterocycles. The van der Waals surface area contributed by atoms with Crippen LogP contribution in [0.5, 0.6) is 0 Å². The van der Waals surface area contributed by atoms with Crippen LogP contribution in [0.4, 0.5) is 0 Å². The minimum absolute atomic E-state index is 0.0221. The van der Waals surface area contributed by atoms with Crippen molar-refractivity contribution in [2.75, 3.05) is 7.05 Å². The number of nitrogens with zero attached hydrogens (tertiary/aromatic N) is 1. The third-order valence-electron chi connectivity index (χ3n) is 2.53. The van der Waals surface area contributed by atoms with Gasteiger partial charge in [0.2, 0.25) is 5.91 Å². The van der Waals surface area contributed by atoms with Gasteiger partial charge in [0.15, 0.2) is 0 Å². The van der Waals surface area contributed by atoms with Gasteiger partial charge in [-0.1, -0.05) is 30.3 Å². The predicted molar refractivity (Wildman–Crippen MR) is 49.9 cm³/mol. The van der Waals surface area contributed by atoms with Crippen molar-refractivity contribution in [1.29, 1.82) is 0 Å². The average Bonchev–Trinajstić information content (AvgIpc) is 2.19. The summed E-state index contributed by atoms with van der Waals surface area (Å²) in [6.45, 7) is 0. The zero-order chi connectivity index (χ0) is 9.42. The standard InChI is InChI=1S/C10H12N2O/c1-12-9(8(11)10(12)13)7-5-3-2-4-6-7/h2-6,8-9H,11H2,1H3. The van der Waals surface area contributed by atoms with Crippen LogP contribution in [0.25, 0.3) is 0 Å². The molecule has 1 heterocycles. The molecule has 1 aromatic rings. The Morgan fingerprint density at radius 2 is 1.92 bits per heavy atom. The van der Waals surface area contributed by atoms with Gasteiger partial charge in [-0.15, -0.1) is 0 Å². The Labute approximate surface area is 77.1 Å². The first-order chi connectivity index (χ1) is 6.22. The van der Waals surface area contributed by atoms with Crippen LogP contribution in [0.2, 0.25) is 0 Å². The van der Waals surface area contributed by atoms with Crippen LogP contribution in [0.1, 0.15) is 11.6 Å². The number of hydrogen-bond acceptors (Lipinski definition) is 2. The van der Waals surface area contributed by atoms with Crippen molar-refractivity contribution < 1.29 is 4.79 Å². The Bertz CT molecular complexity index is 311. The third-order valence-corrected chi connectivity index (χ3v) is 2.53. The van der Waals surface area contributed by atoms with Crippen molar-refractivity contribution in [2.24, 2.45) is 5.73 Å². The number of likely N-dealkylation sites (tertiary alicyclic amines) is 1. The zero-order valence-electron chi connectivity index (χ0n) is 7.47. The maximum atomic E-state index is 11.1. The first-order valence-electron chi connectivity index (χ1n) is 4.29. The van der Waals surface area contributed by atoms with Gasteiger partial charge in [-0.2, -0.15) is 0 Å². The molecule has 3 nitrogen and oxygen atoms in total. The first-order valence-corrected chi connectivity index (χ1v) is 4.29. The largest absolute Gasteiger partial charge is 0.335 e. The summed E-state index contributed by atoms with van der Waals surface area (Å²) in [5.41, 5.74) is 6.81. The van der Waals surface area contributed by atoms with Gasteiger partial charge in [0.25, 0.3) is 0 Å². The van der Waals surface area contributed by atoms with E-state index >= 15 is 0 Å². The first kappa shape index (κ1) is 8.26. The van der Waals surface area contributed by atoms with Crippen LogP contribution in [0.15, 0.2) is 30.3 Å². The summed E-state index contributed by atoms with van der Waals surface area (Å²) in [6, 6.07) is 9.56. The van der Waals surface area contributed by atoms with E-state index in [-0.39, 0.29) is 18.0 Å². The Hall–Kier alpha value is -1.35. The van der Waals surface area contributed by atoms with Crippen molar-refractivity contribution in [3.05, 3.63) is 35.9 Å². The van der Waals surface area contributed by atoms with Gasteiger partial charge in [0, 0.05) is 7.05 Å². The van der Waals surface area contributed by atoms with E-state index in [4.69, 9.17) is 5.73 Å². The lowest BCUT2D eigenvalue weighted by molar-refractivity contribution is -0.146. The quantitative estimate of drug-likeness (QED) is 0.634. The summed E-state index contributed by atoms with van der Waals surface area (Å²) in [4.78, 5) is 12.8. The molecule has 13 heavy (non-hydrogen) atoms. The minimum atomic E-state index is -0.354. The van der Waals surface area contributed by atoms with E-state index in [0.717, 1.165) is 5.56 Å². The molecule has 0 saturated carbocycles. The number of amides is 1. The summed E-state index contributed by atoms with van der Waals surface area (Å²) < 4.78 is 0. The van der Waals surface area contributed by atoms with Crippen molar-refractivity contribution in [3.63, 3.8) is 0 Å². The summed E-state index contributed by atoms with van der Waals surface area (Å²) in [5, 5.41) is 0. The molecule has 0 bridgehead atoms. The fraction of sp³-hybridized carbons (Fsp3) is 0.300. The van der Waals surface area contributed by atoms with E-state index < -0.39 is 0 Å². The Balaban J connectivity index is 2.25. The molecule has 0 aliphatic carbocycles. The molecule has 1 aromatic carbocycles. The molecule has 0 spiro atoms. The highest BCUT2D eigenvalue weighted by Gasteiger charge is 2.42. The normalized spacial score (nSPS) is 27.2. The lowest BCUT2D eigenvalue weighted by atomic mass is 9.90. The second-order valence-electron chi connectivity index (χ2n) is 3.33. The minimum Gasteiger partial charge on any atom is -0.335 e. The molecular formula is C10H12N2O. The molecule has 3 heteroatoms. The Morgan fingerprint density at radius 1 is 1.31 bits per heavy atom. The molecule has 2 unspecified atom stereocenters. The van der Waals surface area contributed by atoms with E-state index in [9.17, 15) is 4.79 Å². The molecule has 2 rings (SSSR count). The van der Waals surface area contributed by atoms with E-state index in [1.165, 1.54) is 0 Å². The molecule has 1 saturated heterocycles. The maximum Gasteiger partial charge on any atom is 0.242 e. The van der Waals surface area contributed by atoms with Crippen molar-refractivity contribution in [3.8, 4) is 0 Å². The number of hydrogen-bond donors (Lipinski definition) is 1. The molecule has 1 amide bonds. The van der Waals surface area contributed by atoms with Crippen LogP contribution >= 0.6 is 0 Å². The van der Waals surface area contributed by atoms with Crippen LogP contribution in [-0.2, 0) is 4.79 Å². The summed E-state index contributed by atoms with van der Waals surface area (Å²) in [5.74, 6) is 0.0221. The molecular weight excluding hydrogens is 164 g/mol. The van der Waals surface area contributed by atoms with E-state index in [0.29, 0.717) is 0 Å². The van der Waals surface area contributed by atoms with Crippen LogP contribution in [-0.4, -0.2) is 23.9 Å². The van der Waals surface area contributed by atoms with Crippen LogP contribution in [0, 0.1) is 0 Å². The van der Waals surface area contributed by atoms with E-state index in [2.05, 4.69) is 0 Å². The number of nitrogens with two attached hydrogens (primary N) is 1. The van der Waals surface area contributed by atoms with E-state index in [1.54, 1.807) is 11.9 Å². The number of likely N-dealkylation sites (N-methyl/N-ethyl adjacent to an activating group) is 1. The van der Waals surface area contributed by atoms with Gasteiger partial charge in [0.05, 0.1) is 6.04 Å². The average molecular weight is 176 g/mol. The van der Waals surface area contributed by atoms with Gasteiger partial charge in [-0.05, 0) is 5.56 Å². The van der Waals surface area contributed by atoms with Gasteiger partial charge in [0.1, 0.15) is 6.04 Å². The van der Waals surface area contributed by atoms with Gasteiger partial charge < -0.3 is 10.6 Å². The number of β-lactam (4-membered cyclic amide) rings is 1. The SMILES string of the molecule is CN1C(=O)C(N)C1c1ccccc1. The van der Waals surface area contributed by atoms with Crippen molar-refractivity contribution in [1.82, 2.24) is 4.90 Å². The van der Waals surface area contributed by atoms with E-state index in [1.807, 2.05) is 30.3 Å². The highest BCUT2D eigenvalue weighted by molar-refractivity contribution is 5.89. The lowest BCUT2D eigenvalue weighted by Crippen LogP contribution is -2.61. The Morgan fingerprint density at radius 3 is 2.46 bits per heavy atom. The number of carbonyl (C=O) groups is 1. The van der Waals surface area contributed by atoms with Crippen molar-refractivity contribution in [2.45, 2.75) is 12.1 Å². The lowest BCUT2D eigenvalue weighted by Gasteiger charge is -2.43. The molecule has 68 valence electrons. The maximum absolute atomic E-state index is 11.1. The molecule has 2 atom stereocenters. The molecule has 1 fully saturated rings. The second-order valence-corrected chi connectivity index (χ2v) is 3.33. The van der Waals surface area contributed by atoms with Crippen molar-refractivity contribution >= 4 is 5.91 Å². The van der Waals surface area contributed by atoms with Gasteiger partial charge in [-0.3, -0.25) is 4.79 Å². The smallest absolute Gasteiger partial charge is 0.242 e. The predicted octanol–water partition coefficient (Wildman–Crippen LogP) is 0.527. The van der Waals surface area contributed by atoms with Crippen LogP contribution < -0.4 is 5.73 Å². The third kappa shape index (κ3) is 1.12. The summed E-state index contributed by atoms with van der Waals surface area (Å²) in [6.07, 6.45) is 0. The monoisotopic (exact) mass is 176 g/mol. The number of rotatable bonds is 1. The topological polar surface area (TPSA) is 46.3 Å². The number of benzene rings is 1. The highest BCUT2D eigenvalue weighted by atomic mass is 16.2. The van der Waals surface area contributed by atoms with Crippen LogP contribution in [0.3, 0.4) is 0 Å². The molecule has 0 radical (unpaired) electrons. The molecule has 0 aromatic heterocycles. The Kier molecular flexibility index (Phi) is 1.81. The fourth-order valence-corrected chi connectivity index (χ4v) is 1.75. The summed E-state index contributed by atoms with van der Waals surface area (Å²) in [7, 11) is 1.78. The molecule has 1 aliphatic rings. The zero-order valence-corrected chi connectivity index (χ0v) is 7.47.